The molecule has 2 heterocycles. The number of hydrogen-bond acceptors (Lipinski definition) is 3. The van der Waals surface area contributed by atoms with E-state index in [9.17, 15) is 0 Å². The zero-order chi connectivity index (χ0) is 23.5. The van der Waals surface area contributed by atoms with Crippen molar-refractivity contribution in [2.24, 2.45) is 11.8 Å². The quantitative estimate of drug-likeness (QED) is 0.383. The highest BCUT2D eigenvalue weighted by molar-refractivity contribution is 7.27. The molecule has 2 unspecified atom stereocenters. The fourth-order valence-electron chi connectivity index (χ4n) is 7.42. The van der Waals surface area contributed by atoms with Crippen molar-refractivity contribution in [3.8, 4) is 5.75 Å². The summed E-state index contributed by atoms with van der Waals surface area (Å²) in [5.74, 6) is 2.63. The fourth-order valence-corrected chi connectivity index (χ4v) is 7.98. The Labute approximate surface area is 209 Å². The van der Waals surface area contributed by atoms with E-state index in [0.717, 1.165) is 43.7 Å². The molecule has 1 aliphatic carbocycles. The molecule has 0 spiro atoms. The van der Waals surface area contributed by atoms with E-state index in [1.165, 1.54) is 69.0 Å². The Balaban J connectivity index is 1.24. The predicted molar refractivity (Wildman–Crippen MR) is 146 cm³/mol. The van der Waals surface area contributed by atoms with Crippen LogP contribution in [0.5, 0.6) is 5.75 Å². The van der Waals surface area contributed by atoms with Gasteiger partial charge >= 0.3 is 0 Å². The van der Waals surface area contributed by atoms with Gasteiger partial charge in [0.2, 0.25) is 0 Å². The molecule has 2 aromatic rings. The van der Waals surface area contributed by atoms with E-state index in [2.05, 4.69) is 75.5 Å². The minimum Gasteiger partial charge on any atom is -0.494 e. The third kappa shape index (κ3) is 4.95. The summed E-state index contributed by atoms with van der Waals surface area (Å²) in [6, 6.07) is 15.4. The Morgan fingerprint density at radius 2 is 1.68 bits per heavy atom. The molecule has 2 aromatic carbocycles. The summed E-state index contributed by atoms with van der Waals surface area (Å²) < 4.78 is 5.98. The number of ether oxygens (including phenoxy) is 1. The molecule has 34 heavy (non-hydrogen) atoms. The summed E-state index contributed by atoms with van der Waals surface area (Å²) in [6.45, 7) is 8.90. The number of likely N-dealkylation sites (N-methyl/N-ethyl adjacent to an activating group) is 1. The van der Waals surface area contributed by atoms with Gasteiger partial charge in [-0.05, 0) is 99.6 Å². The largest absolute Gasteiger partial charge is 0.494 e. The highest BCUT2D eigenvalue weighted by atomic mass is 31.0. The molecule has 2 aliphatic heterocycles. The molecule has 0 aromatic heterocycles. The molecular formula is C30H43N2OP. The van der Waals surface area contributed by atoms with E-state index < -0.39 is 0 Å². The minimum absolute atomic E-state index is 0.331. The van der Waals surface area contributed by atoms with E-state index in [1.54, 1.807) is 11.1 Å². The first-order valence-electron chi connectivity index (χ1n) is 13.5. The molecule has 4 heteroatoms. The van der Waals surface area contributed by atoms with Gasteiger partial charge in [0.15, 0.2) is 0 Å². The van der Waals surface area contributed by atoms with Crippen LogP contribution in [0.4, 0.5) is 0 Å². The standard InChI is InChI=1S/C30H43N2OP/c1-23-11-13-27(14-12-23)33-20-6-17-32-18-15-26(16-19-32)30(25-8-3-4-9-25)22-31(2)21-24-7-5-10-28(34)29(24)30/h5,7,10-14,25-26H,3-4,6,8-9,15-22,34H2,1-2H3. The summed E-state index contributed by atoms with van der Waals surface area (Å²) in [5, 5.41) is 1.47. The Hall–Kier alpha value is -1.41. The van der Waals surface area contributed by atoms with Crippen LogP contribution in [-0.4, -0.2) is 49.6 Å². The zero-order valence-electron chi connectivity index (χ0n) is 21.3. The van der Waals surface area contributed by atoms with Crippen LogP contribution in [0.2, 0.25) is 0 Å². The number of hydrogen-bond donors (Lipinski definition) is 0. The Morgan fingerprint density at radius 3 is 2.41 bits per heavy atom. The van der Waals surface area contributed by atoms with Crippen LogP contribution in [0.1, 0.15) is 61.6 Å². The molecule has 0 bridgehead atoms. The van der Waals surface area contributed by atoms with Crippen molar-refractivity contribution in [1.29, 1.82) is 0 Å². The average molecular weight is 479 g/mol. The number of rotatable bonds is 7. The van der Waals surface area contributed by atoms with E-state index in [1.807, 2.05) is 0 Å². The maximum absolute atomic E-state index is 5.98. The molecule has 2 atom stereocenters. The molecule has 0 radical (unpaired) electrons. The van der Waals surface area contributed by atoms with E-state index in [4.69, 9.17) is 4.74 Å². The normalized spacial score (nSPS) is 24.9. The van der Waals surface area contributed by atoms with Crippen LogP contribution >= 0.6 is 9.24 Å². The van der Waals surface area contributed by atoms with Gasteiger partial charge in [0.1, 0.15) is 5.75 Å². The molecule has 2 fully saturated rings. The minimum atomic E-state index is 0.331. The highest BCUT2D eigenvalue weighted by Gasteiger charge is 2.51. The Morgan fingerprint density at radius 1 is 0.971 bits per heavy atom. The van der Waals surface area contributed by atoms with Gasteiger partial charge in [-0.3, -0.25) is 0 Å². The van der Waals surface area contributed by atoms with E-state index in [0.29, 0.717) is 5.41 Å². The summed E-state index contributed by atoms with van der Waals surface area (Å²) >= 11 is 0. The smallest absolute Gasteiger partial charge is 0.119 e. The SMILES string of the molecule is Cc1ccc(OCCCN2CCC(C3(C4CCCC4)CN(C)Cc4cccc(P)c43)CC2)cc1. The first-order chi connectivity index (χ1) is 16.6. The van der Waals surface area contributed by atoms with Crippen molar-refractivity contribution in [2.75, 3.05) is 39.8 Å². The first-order valence-corrected chi connectivity index (χ1v) is 14.1. The first kappa shape index (κ1) is 24.3. The molecule has 1 saturated heterocycles. The summed E-state index contributed by atoms with van der Waals surface area (Å²) in [5.41, 5.74) is 4.92. The lowest BCUT2D eigenvalue weighted by Gasteiger charge is -2.54. The number of aryl methyl sites for hydroxylation is 1. The lowest BCUT2D eigenvalue weighted by Crippen LogP contribution is -2.56. The fraction of sp³-hybridized carbons (Fsp3) is 0.600. The van der Waals surface area contributed by atoms with Crippen molar-refractivity contribution in [1.82, 2.24) is 9.80 Å². The maximum atomic E-state index is 5.98. The van der Waals surface area contributed by atoms with Gasteiger partial charge < -0.3 is 14.5 Å². The van der Waals surface area contributed by atoms with Crippen molar-refractivity contribution >= 4 is 14.5 Å². The molecule has 184 valence electrons. The van der Waals surface area contributed by atoms with Gasteiger partial charge in [0, 0.05) is 25.0 Å². The molecule has 1 saturated carbocycles. The van der Waals surface area contributed by atoms with Crippen LogP contribution in [0.25, 0.3) is 0 Å². The lowest BCUT2D eigenvalue weighted by atomic mass is 9.57. The Kier molecular flexibility index (Phi) is 7.64. The third-order valence-electron chi connectivity index (χ3n) is 8.93. The van der Waals surface area contributed by atoms with E-state index >= 15 is 0 Å². The van der Waals surface area contributed by atoms with Crippen LogP contribution < -0.4 is 10.0 Å². The third-order valence-corrected chi connectivity index (χ3v) is 9.41. The van der Waals surface area contributed by atoms with Gasteiger partial charge in [-0.1, -0.05) is 48.7 Å². The van der Waals surface area contributed by atoms with Crippen LogP contribution in [0, 0.1) is 18.8 Å². The van der Waals surface area contributed by atoms with Crippen molar-refractivity contribution in [3.63, 3.8) is 0 Å². The highest BCUT2D eigenvalue weighted by Crippen LogP contribution is 2.53. The van der Waals surface area contributed by atoms with Crippen LogP contribution in [0.3, 0.4) is 0 Å². The van der Waals surface area contributed by atoms with Gasteiger partial charge in [0.25, 0.3) is 0 Å². The molecular weight excluding hydrogens is 435 g/mol. The summed E-state index contributed by atoms with van der Waals surface area (Å²) in [7, 11) is 5.47. The second-order valence-electron chi connectivity index (χ2n) is 11.2. The van der Waals surface area contributed by atoms with Crippen molar-refractivity contribution in [2.45, 2.75) is 63.8 Å². The van der Waals surface area contributed by atoms with Gasteiger partial charge in [-0.15, -0.1) is 9.24 Å². The number of benzene rings is 2. The summed E-state index contributed by atoms with van der Waals surface area (Å²) in [4.78, 5) is 5.32. The van der Waals surface area contributed by atoms with Gasteiger partial charge in [0.05, 0.1) is 6.61 Å². The number of likely N-dealkylation sites (tertiary alicyclic amines) is 1. The average Bonchev–Trinajstić information content (AvgIpc) is 3.38. The topological polar surface area (TPSA) is 15.7 Å². The number of piperidine rings is 1. The zero-order valence-corrected chi connectivity index (χ0v) is 22.4. The molecule has 0 amide bonds. The van der Waals surface area contributed by atoms with Crippen molar-refractivity contribution in [3.05, 3.63) is 59.2 Å². The summed E-state index contributed by atoms with van der Waals surface area (Å²) in [6.07, 6.45) is 9.46. The second-order valence-corrected chi connectivity index (χ2v) is 11.8. The maximum Gasteiger partial charge on any atom is 0.119 e. The molecule has 0 N–H and O–H groups in total. The monoisotopic (exact) mass is 478 g/mol. The van der Waals surface area contributed by atoms with E-state index in [-0.39, 0.29) is 0 Å². The number of nitrogens with zero attached hydrogens (tertiary/aromatic N) is 2. The molecule has 3 nitrogen and oxygen atoms in total. The number of fused-ring (bicyclic) bond motifs is 1. The molecule has 3 aliphatic rings. The van der Waals surface area contributed by atoms with Gasteiger partial charge in [-0.2, -0.15) is 0 Å². The lowest BCUT2D eigenvalue weighted by molar-refractivity contribution is 0.0468. The van der Waals surface area contributed by atoms with Crippen molar-refractivity contribution < 1.29 is 4.74 Å². The molecule has 5 rings (SSSR count). The van der Waals surface area contributed by atoms with Crippen LogP contribution in [0.15, 0.2) is 42.5 Å². The second kappa shape index (κ2) is 10.7. The van der Waals surface area contributed by atoms with Gasteiger partial charge in [-0.25, -0.2) is 0 Å². The van der Waals surface area contributed by atoms with Crippen LogP contribution in [-0.2, 0) is 12.0 Å². The Bertz CT molecular complexity index is 947. The predicted octanol–water partition coefficient (Wildman–Crippen LogP) is 5.55.